The highest BCUT2D eigenvalue weighted by atomic mass is 15.1. The van der Waals surface area contributed by atoms with Gasteiger partial charge in [0.2, 0.25) is 0 Å². The molecule has 0 saturated carbocycles. The molecule has 0 fully saturated rings. The average Bonchev–Trinajstić information content (AvgIpc) is 2.53. The summed E-state index contributed by atoms with van der Waals surface area (Å²) in [5.41, 5.74) is 5.40. The minimum absolute atomic E-state index is 0.857. The van der Waals surface area contributed by atoms with Gasteiger partial charge in [-0.2, -0.15) is 0 Å². The Bertz CT molecular complexity index is 800. The Morgan fingerprint density at radius 1 is 1.00 bits per heavy atom. The van der Waals surface area contributed by atoms with Crippen LogP contribution in [0, 0.1) is 0 Å². The summed E-state index contributed by atoms with van der Waals surface area (Å²) in [6, 6.07) is 19.5. The maximum Gasteiger partial charge on any atom is 0.0526 e. The lowest BCUT2D eigenvalue weighted by Crippen LogP contribution is -2.15. The van der Waals surface area contributed by atoms with Crippen molar-refractivity contribution in [3.05, 3.63) is 78.2 Å². The van der Waals surface area contributed by atoms with Gasteiger partial charge < -0.3 is 4.90 Å². The normalized spacial score (nSPS) is 10.6. The zero-order valence-corrected chi connectivity index (χ0v) is 12.6. The third kappa shape index (κ3) is 2.44. The lowest BCUT2D eigenvalue weighted by Gasteiger charge is -2.21. The molecule has 0 radical (unpaired) electrons. The van der Waals surface area contributed by atoms with Gasteiger partial charge >= 0.3 is 0 Å². The average molecular weight is 273 g/mol. The van der Waals surface area contributed by atoms with Crippen LogP contribution in [0.3, 0.4) is 0 Å². The van der Waals surface area contributed by atoms with Crippen molar-refractivity contribution in [1.29, 1.82) is 0 Å². The molecule has 104 valence electrons. The van der Waals surface area contributed by atoms with Crippen LogP contribution in [0.1, 0.15) is 12.5 Å². The molecule has 0 aliphatic carbocycles. The predicted molar refractivity (Wildman–Crippen MR) is 91.2 cm³/mol. The van der Waals surface area contributed by atoms with Crippen molar-refractivity contribution >= 4 is 21.5 Å². The van der Waals surface area contributed by atoms with Crippen molar-refractivity contribution in [1.82, 2.24) is 4.90 Å². The topological polar surface area (TPSA) is 3.24 Å². The van der Waals surface area contributed by atoms with E-state index in [1.165, 1.54) is 27.1 Å². The Hall–Kier alpha value is -2.50. The highest BCUT2D eigenvalue weighted by molar-refractivity contribution is 6.02. The Kier molecular flexibility index (Phi) is 3.51. The largest absolute Gasteiger partial charge is 0.368 e. The van der Waals surface area contributed by atoms with Gasteiger partial charge in [-0.3, -0.25) is 0 Å². The number of hydrogen-bond acceptors (Lipinski definition) is 1. The van der Waals surface area contributed by atoms with Gasteiger partial charge in [0.25, 0.3) is 0 Å². The van der Waals surface area contributed by atoms with E-state index >= 15 is 0 Å². The lowest BCUT2D eigenvalue weighted by atomic mass is 9.96. The molecular formula is C20H19N. The second-order valence-electron chi connectivity index (χ2n) is 5.42. The fraction of sp³-hybridized carbons (Fsp3) is 0.150. The minimum atomic E-state index is 0.857. The minimum Gasteiger partial charge on any atom is -0.368 e. The summed E-state index contributed by atoms with van der Waals surface area (Å²) in [6.07, 6.45) is 0. The molecule has 0 aliphatic rings. The van der Waals surface area contributed by atoms with Gasteiger partial charge in [0.05, 0.1) is 5.70 Å². The number of benzene rings is 3. The summed E-state index contributed by atoms with van der Waals surface area (Å²) < 4.78 is 0. The van der Waals surface area contributed by atoms with Crippen molar-refractivity contribution in [3.63, 3.8) is 0 Å². The van der Waals surface area contributed by atoms with Crippen molar-refractivity contribution in [2.75, 3.05) is 7.05 Å². The maximum atomic E-state index is 3.74. The third-order valence-electron chi connectivity index (χ3n) is 4.11. The molecule has 3 aromatic rings. The van der Waals surface area contributed by atoms with Crippen molar-refractivity contribution in [3.8, 4) is 0 Å². The van der Waals surface area contributed by atoms with E-state index in [1.54, 1.807) is 0 Å². The number of nitrogens with zero attached hydrogens (tertiary/aromatic N) is 1. The van der Waals surface area contributed by atoms with E-state index in [1.807, 2.05) is 6.92 Å². The first-order valence-corrected chi connectivity index (χ1v) is 7.18. The maximum absolute atomic E-state index is 3.74. The number of allylic oxidation sites excluding steroid dienone is 1. The molecule has 3 aromatic carbocycles. The number of hydrogen-bond donors (Lipinski definition) is 0. The van der Waals surface area contributed by atoms with Gasteiger partial charge in [0.1, 0.15) is 0 Å². The van der Waals surface area contributed by atoms with E-state index in [2.05, 4.69) is 78.9 Å². The molecule has 0 saturated heterocycles. The zero-order valence-electron chi connectivity index (χ0n) is 12.6. The predicted octanol–water partition coefficient (Wildman–Crippen LogP) is 5.11. The van der Waals surface area contributed by atoms with E-state index in [0.717, 1.165) is 12.2 Å². The number of fused-ring (bicyclic) bond motifs is 2. The van der Waals surface area contributed by atoms with Crippen LogP contribution in [0.15, 0.2) is 72.6 Å². The first-order chi connectivity index (χ1) is 10.2. The highest BCUT2D eigenvalue weighted by Crippen LogP contribution is 2.29. The summed E-state index contributed by atoms with van der Waals surface area (Å²) in [7, 11) is 2.09. The first kappa shape index (κ1) is 13.5. The Balaban J connectivity index is 2.27. The van der Waals surface area contributed by atoms with Crippen LogP contribution in [0.2, 0.25) is 0 Å². The monoisotopic (exact) mass is 273 g/mol. The van der Waals surface area contributed by atoms with Crippen LogP contribution in [-0.2, 0) is 6.54 Å². The van der Waals surface area contributed by atoms with Gasteiger partial charge in [-0.05, 0) is 40.1 Å². The molecule has 0 spiro atoms. The highest BCUT2D eigenvalue weighted by Gasteiger charge is 2.09. The van der Waals surface area contributed by atoms with Gasteiger partial charge in [-0.15, -0.1) is 5.73 Å². The molecule has 0 aromatic heterocycles. The molecule has 1 nitrogen and oxygen atoms in total. The zero-order chi connectivity index (χ0) is 14.8. The smallest absolute Gasteiger partial charge is 0.0526 e. The molecule has 0 heterocycles. The van der Waals surface area contributed by atoms with Crippen LogP contribution in [0.4, 0.5) is 0 Å². The molecule has 0 atom stereocenters. The van der Waals surface area contributed by atoms with Gasteiger partial charge in [-0.25, -0.2) is 0 Å². The fourth-order valence-corrected chi connectivity index (χ4v) is 2.77. The van der Waals surface area contributed by atoms with E-state index in [9.17, 15) is 0 Å². The molecule has 0 amide bonds. The Morgan fingerprint density at radius 2 is 1.52 bits per heavy atom. The SMILES string of the molecule is C=C=C(C)N(C)Cc1c2ccccc2cc2ccccc12. The molecule has 0 unspecified atom stereocenters. The quantitative estimate of drug-likeness (QED) is 0.473. The second-order valence-corrected chi connectivity index (χ2v) is 5.42. The second kappa shape index (κ2) is 5.47. The summed E-state index contributed by atoms with van der Waals surface area (Å²) in [5.74, 6) is 0. The van der Waals surface area contributed by atoms with E-state index in [0.29, 0.717) is 0 Å². The van der Waals surface area contributed by atoms with Crippen LogP contribution in [0.5, 0.6) is 0 Å². The molecular weight excluding hydrogens is 254 g/mol. The first-order valence-electron chi connectivity index (χ1n) is 7.18. The lowest BCUT2D eigenvalue weighted by molar-refractivity contribution is 0.416. The van der Waals surface area contributed by atoms with E-state index in [4.69, 9.17) is 0 Å². The standard InChI is InChI=1S/C20H19N/c1-4-15(2)21(3)14-20-18-11-7-5-9-16(18)13-17-10-6-8-12-19(17)20/h5-13H,1,14H2,2-3H3. The summed E-state index contributed by atoms with van der Waals surface area (Å²) in [4.78, 5) is 2.20. The van der Waals surface area contributed by atoms with Crippen LogP contribution in [-0.4, -0.2) is 11.9 Å². The molecule has 0 bridgehead atoms. The van der Waals surface area contributed by atoms with Crippen LogP contribution < -0.4 is 0 Å². The van der Waals surface area contributed by atoms with Gasteiger partial charge in [0, 0.05) is 13.6 Å². The van der Waals surface area contributed by atoms with Crippen molar-refractivity contribution < 1.29 is 0 Å². The van der Waals surface area contributed by atoms with Crippen molar-refractivity contribution in [2.45, 2.75) is 13.5 Å². The summed E-state index contributed by atoms with van der Waals surface area (Å²) in [6.45, 7) is 6.64. The van der Waals surface area contributed by atoms with Gasteiger partial charge in [-0.1, -0.05) is 55.1 Å². The Labute approximate surface area is 125 Å². The molecule has 3 rings (SSSR count). The molecule has 1 heteroatoms. The fourth-order valence-electron chi connectivity index (χ4n) is 2.77. The summed E-state index contributed by atoms with van der Waals surface area (Å²) >= 11 is 0. The van der Waals surface area contributed by atoms with Gasteiger partial charge in [0.15, 0.2) is 0 Å². The van der Waals surface area contributed by atoms with Crippen molar-refractivity contribution in [2.24, 2.45) is 0 Å². The molecule has 0 aliphatic heterocycles. The Morgan fingerprint density at radius 3 is 2.05 bits per heavy atom. The van der Waals surface area contributed by atoms with Crippen LogP contribution >= 0.6 is 0 Å². The molecule has 21 heavy (non-hydrogen) atoms. The molecule has 0 N–H and O–H groups in total. The van der Waals surface area contributed by atoms with E-state index < -0.39 is 0 Å². The van der Waals surface area contributed by atoms with E-state index in [-0.39, 0.29) is 0 Å². The number of rotatable bonds is 3. The third-order valence-corrected chi connectivity index (χ3v) is 4.11. The van der Waals surface area contributed by atoms with Crippen LogP contribution in [0.25, 0.3) is 21.5 Å². The summed E-state index contributed by atoms with van der Waals surface area (Å²) in [5, 5.41) is 5.22.